The van der Waals surface area contributed by atoms with Crippen LogP contribution in [0.2, 0.25) is 0 Å². The van der Waals surface area contributed by atoms with Crippen LogP contribution in [-0.2, 0) is 26.6 Å². The molecule has 3 aromatic rings. The quantitative estimate of drug-likeness (QED) is 0.628. The third-order valence-corrected chi connectivity index (χ3v) is 6.05. The van der Waals surface area contributed by atoms with Crippen molar-refractivity contribution >= 4 is 22.8 Å². The van der Waals surface area contributed by atoms with Crippen LogP contribution in [0.3, 0.4) is 0 Å². The first-order valence-corrected chi connectivity index (χ1v) is 11.1. The van der Waals surface area contributed by atoms with Crippen molar-refractivity contribution in [2.24, 2.45) is 13.0 Å². The first-order chi connectivity index (χ1) is 15.0. The molecule has 0 unspecified atom stereocenters. The molecule has 0 fully saturated rings. The van der Waals surface area contributed by atoms with Crippen LogP contribution in [-0.4, -0.2) is 36.9 Å². The Morgan fingerprint density at radius 3 is 2.55 bits per heavy atom. The molecule has 1 aliphatic rings. The molecule has 0 radical (unpaired) electrons. The van der Waals surface area contributed by atoms with Crippen molar-refractivity contribution in [1.82, 2.24) is 18.7 Å². The highest BCUT2D eigenvalue weighted by atomic mass is 16.3. The number of anilines is 2. The zero-order valence-electron chi connectivity index (χ0n) is 18.5. The minimum absolute atomic E-state index is 0.0722. The first kappa shape index (κ1) is 21.4. The number of fused-ring (bicyclic) bond motifs is 3. The van der Waals surface area contributed by atoms with E-state index < -0.39 is 5.69 Å². The second-order valence-corrected chi connectivity index (χ2v) is 8.56. The second-order valence-electron chi connectivity index (χ2n) is 8.56. The van der Waals surface area contributed by atoms with E-state index in [1.54, 1.807) is 7.05 Å². The highest BCUT2D eigenvalue weighted by Crippen LogP contribution is 2.33. The fourth-order valence-corrected chi connectivity index (χ4v) is 4.37. The van der Waals surface area contributed by atoms with E-state index >= 15 is 0 Å². The first-order valence-electron chi connectivity index (χ1n) is 11.1. The summed E-state index contributed by atoms with van der Waals surface area (Å²) in [4.78, 5) is 32.9. The van der Waals surface area contributed by atoms with E-state index in [0.717, 1.165) is 18.7 Å². The van der Waals surface area contributed by atoms with E-state index in [1.165, 1.54) is 27.5 Å². The van der Waals surface area contributed by atoms with Gasteiger partial charge in [0.25, 0.3) is 5.56 Å². The molecule has 4 rings (SSSR count). The summed E-state index contributed by atoms with van der Waals surface area (Å²) in [7, 11) is 1.65. The molecule has 0 amide bonds. The average molecular weight is 426 g/mol. The minimum atomic E-state index is -0.402. The lowest BCUT2D eigenvalue weighted by atomic mass is 10.1. The van der Waals surface area contributed by atoms with Gasteiger partial charge in [-0.25, -0.2) is 4.79 Å². The maximum Gasteiger partial charge on any atom is 0.332 e. The third kappa shape index (κ3) is 3.80. The molecule has 31 heavy (non-hydrogen) atoms. The van der Waals surface area contributed by atoms with E-state index in [-0.39, 0.29) is 18.7 Å². The SMILES string of the molecule is CCCCc1ccc(N2C[C@H](C)Cn3c2nc2c3c(=O)n(CCCO)c(=O)n2C)cc1. The molecule has 8 heteroatoms. The van der Waals surface area contributed by atoms with Gasteiger partial charge in [0.1, 0.15) is 0 Å². The van der Waals surface area contributed by atoms with Gasteiger partial charge in [-0.05, 0) is 42.9 Å². The topological polar surface area (TPSA) is 85.3 Å². The van der Waals surface area contributed by atoms with Gasteiger partial charge in [0, 0.05) is 39.0 Å². The minimum Gasteiger partial charge on any atom is -0.396 e. The predicted octanol–water partition coefficient (Wildman–Crippen LogP) is 2.41. The van der Waals surface area contributed by atoms with Crippen LogP contribution in [0.25, 0.3) is 11.2 Å². The number of rotatable bonds is 7. The molecule has 1 N–H and O–H groups in total. The lowest BCUT2D eigenvalue weighted by molar-refractivity contribution is 0.277. The third-order valence-electron chi connectivity index (χ3n) is 6.05. The van der Waals surface area contributed by atoms with Crippen molar-refractivity contribution in [3.63, 3.8) is 0 Å². The summed E-state index contributed by atoms with van der Waals surface area (Å²) in [6, 6.07) is 8.56. The molecule has 0 saturated carbocycles. The lowest BCUT2D eigenvalue weighted by Gasteiger charge is -2.33. The van der Waals surface area contributed by atoms with Crippen LogP contribution in [0.1, 0.15) is 38.7 Å². The molecular formula is C23H31N5O3. The average Bonchev–Trinajstić information content (AvgIpc) is 3.15. The van der Waals surface area contributed by atoms with Crippen molar-refractivity contribution in [3.05, 3.63) is 50.7 Å². The second kappa shape index (κ2) is 8.70. The molecular weight excluding hydrogens is 394 g/mol. The van der Waals surface area contributed by atoms with Crippen LogP contribution in [0.5, 0.6) is 0 Å². The number of imidazole rings is 1. The molecule has 1 atom stereocenters. The van der Waals surface area contributed by atoms with Crippen molar-refractivity contribution < 1.29 is 5.11 Å². The molecule has 0 spiro atoms. The van der Waals surface area contributed by atoms with Crippen molar-refractivity contribution in [1.29, 1.82) is 0 Å². The van der Waals surface area contributed by atoms with Gasteiger partial charge >= 0.3 is 5.69 Å². The maximum atomic E-state index is 13.2. The van der Waals surface area contributed by atoms with Crippen LogP contribution < -0.4 is 16.1 Å². The van der Waals surface area contributed by atoms with E-state index in [9.17, 15) is 9.59 Å². The summed E-state index contributed by atoms with van der Waals surface area (Å²) in [5, 5.41) is 9.16. The molecule has 0 saturated heterocycles. The fourth-order valence-electron chi connectivity index (χ4n) is 4.37. The number of hydrogen-bond donors (Lipinski definition) is 1. The van der Waals surface area contributed by atoms with Crippen molar-refractivity contribution in [2.45, 2.75) is 52.6 Å². The van der Waals surface area contributed by atoms with Gasteiger partial charge in [-0.2, -0.15) is 4.98 Å². The molecule has 0 aliphatic carbocycles. The zero-order valence-corrected chi connectivity index (χ0v) is 18.5. The summed E-state index contributed by atoms with van der Waals surface area (Å²) < 4.78 is 4.60. The highest BCUT2D eigenvalue weighted by Gasteiger charge is 2.29. The number of aryl methyl sites for hydroxylation is 2. The molecule has 3 heterocycles. The van der Waals surface area contributed by atoms with Crippen LogP contribution >= 0.6 is 0 Å². The Bertz CT molecular complexity index is 1190. The predicted molar refractivity (Wildman–Crippen MR) is 122 cm³/mol. The van der Waals surface area contributed by atoms with Gasteiger partial charge in [0.05, 0.1) is 0 Å². The number of nitrogens with zero attached hydrogens (tertiary/aromatic N) is 5. The van der Waals surface area contributed by atoms with Gasteiger partial charge in [-0.3, -0.25) is 13.9 Å². The molecule has 8 nitrogen and oxygen atoms in total. The van der Waals surface area contributed by atoms with Gasteiger partial charge in [-0.1, -0.05) is 32.4 Å². The number of aliphatic hydroxyl groups is 1. The monoisotopic (exact) mass is 425 g/mol. The standard InChI is InChI=1S/C23H31N5O3/c1-4-5-7-17-8-10-18(11-9-17)27-14-16(2)15-28-19-20(24-22(27)28)25(3)23(31)26(21(19)30)12-6-13-29/h8-11,16,29H,4-7,12-15H2,1-3H3/t16-/m0/s1. The molecule has 2 aromatic heterocycles. The van der Waals surface area contributed by atoms with Gasteiger partial charge in [-0.15, -0.1) is 0 Å². The molecule has 1 aliphatic heterocycles. The van der Waals surface area contributed by atoms with E-state index in [4.69, 9.17) is 10.1 Å². The van der Waals surface area contributed by atoms with Crippen molar-refractivity contribution in [2.75, 3.05) is 18.1 Å². The fraction of sp³-hybridized carbons (Fsp3) is 0.522. The van der Waals surface area contributed by atoms with Gasteiger partial charge in [0.15, 0.2) is 11.2 Å². The summed E-state index contributed by atoms with van der Waals surface area (Å²) in [6.07, 6.45) is 3.77. The van der Waals surface area contributed by atoms with Crippen molar-refractivity contribution in [3.8, 4) is 0 Å². The number of aromatic nitrogens is 4. The summed E-state index contributed by atoms with van der Waals surface area (Å²) in [5.74, 6) is 1.01. The Morgan fingerprint density at radius 1 is 1.13 bits per heavy atom. The summed E-state index contributed by atoms with van der Waals surface area (Å²) >= 11 is 0. The Balaban J connectivity index is 1.83. The highest BCUT2D eigenvalue weighted by molar-refractivity contribution is 5.77. The van der Waals surface area contributed by atoms with Gasteiger partial charge in [0.2, 0.25) is 5.95 Å². The molecule has 0 bridgehead atoms. The molecule has 166 valence electrons. The van der Waals surface area contributed by atoms with Gasteiger partial charge < -0.3 is 14.6 Å². The van der Waals surface area contributed by atoms with Crippen LogP contribution in [0.4, 0.5) is 11.6 Å². The van der Waals surface area contributed by atoms with E-state index in [1.807, 2.05) is 4.57 Å². The Kier molecular flexibility index (Phi) is 6.00. The summed E-state index contributed by atoms with van der Waals surface area (Å²) in [6.45, 7) is 5.94. The van der Waals surface area contributed by atoms with Crippen LogP contribution in [0.15, 0.2) is 33.9 Å². The van der Waals surface area contributed by atoms with E-state index in [2.05, 4.69) is 43.0 Å². The zero-order chi connectivity index (χ0) is 22.1. The number of benzene rings is 1. The Hall–Kier alpha value is -2.87. The number of aliphatic hydroxyl groups excluding tert-OH is 1. The maximum absolute atomic E-state index is 13.2. The summed E-state index contributed by atoms with van der Waals surface area (Å²) in [5.41, 5.74) is 2.47. The van der Waals surface area contributed by atoms with E-state index in [0.29, 0.717) is 36.0 Å². The lowest BCUT2D eigenvalue weighted by Crippen LogP contribution is -2.40. The largest absolute Gasteiger partial charge is 0.396 e. The number of hydrogen-bond acceptors (Lipinski definition) is 5. The van der Waals surface area contributed by atoms with Crippen LogP contribution in [0, 0.1) is 5.92 Å². The smallest absolute Gasteiger partial charge is 0.332 e. The normalized spacial score (nSPS) is 16.1. The Morgan fingerprint density at radius 2 is 1.87 bits per heavy atom. The molecule has 1 aromatic carbocycles. The number of unbranched alkanes of at least 4 members (excludes halogenated alkanes) is 1. The Labute approximate surface area is 181 Å².